The van der Waals surface area contributed by atoms with Crippen molar-refractivity contribution in [3.8, 4) is 0 Å². The molecule has 1 saturated carbocycles. The summed E-state index contributed by atoms with van der Waals surface area (Å²) >= 11 is 0. The molecular weight excluding hydrogens is 156 g/mol. The minimum Gasteiger partial charge on any atom is -0.465 e. The summed E-state index contributed by atoms with van der Waals surface area (Å²) in [6.45, 7) is 0. The van der Waals surface area contributed by atoms with Crippen molar-refractivity contribution in [1.82, 2.24) is 4.90 Å². The molecule has 70 valence electrons. The van der Waals surface area contributed by atoms with Crippen LogP contribution in [-0.4, -0.2) is 35.2 Å². The Balaban J connectivity index is 2.39. The Labute approximate surface area is 72.3 Å². The summed E-state index contributed by atoms with van der Waals surface area (Å²) in [4.78, 5) is 12.0. The van der Waals surface area contributed by atoms with Crippen molar-refractivity contribution in [1.29, 1.82) is 0 Å². The van der Waals surface area contributed by atoms with E-state index in [2.05, 4.69) is 0 Å². The Morgan fingerprint density at radius 2 is 1.92 bits per heavy atom. The maximum Gasteiger partial charge on any atom is 0.407 e. The van der Waals surface area contributed by atoms with E-state index in [9.17, 15) is 4.79 Å². The molecule has 0 aromatic carbocycles. The Morgan fingerprint density at radius 3 is 2.33 bits per heavy atom. The number of carboxylic acid groups (broad SMARTS) is 1. The Hall–Kier alpha value is -0.770. The van der Waals surface area contributed by atoms with E-state index >= 15 is 0 Å². The first-order chi connectivity index (χ1) is 5.61. The van der Waals surface area contributed by atoms with Gasteiger partial charge in [-0.25, -0.2) is 4.79 Å². The molecule has 0 unspecified atom stereocenters. The van der Waals surface area contributed by atoms with E-state index < -0.39 is 6.09 Å². The van der Waals surface area contributed by atoms with Crippen LogP contribution >= 0.6 is 0 Å². The molecule has 12 heavy (non-hydrogen) atoms. The van der Waals surface area contributed by atoms with E-state index in [-0.39, 0.29) is 12.1 Å². The minimum atomic E-state index is -0.838. The lowest BCUT2D eigenvalue weighted by Crippen LogP contribution is -2.41. The Morgan fingerprint density at radius 1 is 1.42 bits per heavy atom. The van der Waals surface area contributed by atoms with E-state index in [4.69, 9.17) is 10.8 Å². The van der Waals surface area contributed by atoms with Crippen molar-refractivity contribution in [2.24, 2.45) is 5.73 Å². The molecule has 1 rings (SSSR count). The lowest BCUT2D eigenvalue weighted by Gasteiger charge is -2.31. The third-order valence-electron chi connectivity index (χ3n) is 2.59. The number of nitrogens with zero attached hydrogens (tertiary/aromatic N) is 1. The number of carbonyl (C=O) groups is 1. The van der Waals surface area contributed by atoms with Gasteiger partial charge in [-0.05, 0) is 25.7 Å². The van der Waals surface area contributed by atoms with Gasteiger partial charge in [-0.1, -0.05) is 0 Å². The van der Waals surface area contributed by atoms with Gasteiger partial charge in [0.05, 0.1) is 0 Å². The molecule has 3 N–H and O–H groups in total. The van der Waals surface area contributed by atoms with E-state index in [0.717, 1.165) is 25.7 Å². The Bertz CT molecular complexity index is 164. The van der Waals surface area contributed by atoms with Gasteiger partial charge in [0, 0.05) is 19.1 Å². The van der Waals surface area contributed by atoms with Gasteiger partial charge in [0.1, 0.15) is 0 Å². The molecule has 0 spiro atoms. The van der Waals surface area contributed by atoms with Crippen molar-refractivity contribution in [3.63, 3.8) is 0 Å². The summed E-state index contributed by atoms with van der Waals surface area (Å²) in [5.41, 5.74) is 5.71. The average molecular weight is 172 g/mol. The zero-order valence-electron chi connectivity index (χ0n) is 7.36. The van der Waals surface area contributed by atoms with Crippen molar-refractivity contribution in [3.05, 3.63) is 0 Å². The molecule has 0 radical (unpaired) electrons. The van der Waals surface area contributed by atoms with E-state index in [1.165, 1.54) is 4.90 Å². The summed E-state index contributed by atoms with van der Waals surface area (Å²) in [5.74, 6) is 0. The molecule has 1 aliphatic carbocycles. The molecule has 4 nitrogen and oxygen atoms in total. The fraction of sp³-hybridized carbons (Fsp3) is 0.875. The molecule has 1 fully saturated rings. The quantitative estimate of drug-likeness (QED) is 0.616. The van der Waals surface area contributed by atoms with Crippen molar-refractivity contribution in [2.75, 3.05) is 7.05 Å². The second-order valence-corrected chi connectivity index (χ2v) is 3.46. The fourth-order valence-corrected chi connectivity index (χ4v) is 1.65. The number of hydrogen-bond donors (Lipinski definition) is 2. The van der Waals surface area contributed by atoms with Crippen LogP contribution in [0.5, 0.6) is 0 Å². The highest BCUT2D eigenvalue weighted by Crippen LogP contribution is 2.20. The highest BCUT2D eigenvalue weighted by atomic mass is 16.4. The lowest BCUT2D eigenvalue weighted by molar-refractivity contribution is 0.124. The van der Waals surface area contributed by atoms with Crippen molar-refractivity contribution in [2.45, 2.75) is 37.8 Å². The topological polar surface area (TPSA) is 66.6 Å². The summed E-state index contributed by atoms with van der Waals surface area (Å²) < 4.78 is 0. The highest BCUT2D eigenvalue weighted by Gasteiger charge is 2.24. The molecule has 0 bridgehead atoms. The first kappa shape index (κ1) is 9.32. The average Bonchev–Trinajstić information content (AvgIpc) is 2.04. The van der Waals surface area contributed by atoms with Gasteiger partial charge in [-0.2, -0.15) is 0 Å². The second kappa shape index (κ2) is 3.76. The van der Waals surface area contributed by atoms with Crippen LogP contribution in [0.2, 0.25) is 0 Å². The monoisotopic (exact) mass is 172 g/mol. The van der Waals surface area contributed by atoms with Crippen LogP contribution in [0, 0.1) is 0 Å². The zero-order valence-corrected chi connectivity index (χ0v) is 7.36. The van der Waals surface area contributed by atoms with E-state index in [1.54, 1.807) is 7.05 Å². The maximum absolute atomic E-state index is 10.6. The van der Waals surface area contributed by atoms with Crippen LogP contribution < -0.4 is 5.73 Å². The van der Waals surface area contributed by atoms with Crippen LogP contribution in [0.15, 0.2) is 0 Å². The number of rotatable bonds is 1. The van der Waals surface area contributed by atoms with Gasteiger partial charge in [0.2, 0.25) is 0 Å². The highest BCUT2D eigenvalue weighted by molar-refractivity contribution is 5.64. The molecule has 1 amide bonds. The Kier molecular flexibility index (Phi) is 2.92. The summed E-state index contributed by atoms with van der Waals surface area (Å²) in [7, 11) is 1.63. The standard InChI is InChI=1S/C8H16N2O2/c1-10(8(11)12)7-4-2-6(9)3-5-7/h6-7H,2-5,9H2,1H3,(H,11,12)/t6-,7-. The molecule has 0 aromatic heterocycles. The van der Waals surface area contributed by atoms with Gasteiger partial charge in [-0.3, -0.25) is 0 Å². The van der Waals surface area contributed by atoms with Gasteiger partial charge in [0.25, 0.3) is 0 Å². The first-order valence-corrected chi connectivity index (χ1v) is 4.32. The van der Waals surface area contributed by atoms with Crippen LogP contribution in [0.3, 0.4) is 0 Å². The third kappa shape index (κ3) is 2.11. The van der Waals surface area contributed by atoms with E-state index in [0.29, 0.717) is 0 Å². The molecule has 0 heterocycles. The lowest BCUT2D eigenvalue weighted by atomic mass is 9.91. The zero-order chi connectivity index (χ0) is 9.14. The normalized spacial score (nSPS) is 29.8. The molecule has 1 aliphatic rings. The molecule has 4 heteroatoms. The number of amides is 1. The predicted molar refractivity (Wildman–Crippen MR) is 46.0 cm³/mol. The third-order valence-corrected chi connectivity index (χ3v) is 2.59. The van der Waals surface area contributed by atoms with Crippen molar-refractivity contribution >= 4 is 6.09 Å². The largest absolute Gasteiger partial charge is 0.465 e. The minimum absolute atomic E-state index is 0.183. The van der Waals surface area contributed by atoms with Crippen LogP contribution in [0.4, 0.5) is 4.79 Å². The first-order valence-electron chi connectivity index (χ1n) is 4.32. The summed E-state index contributed by atoms with van der Waals surface area (Å²) in [5, 5.41) is 8.69. The van der Waals surface area contributed by atoms with Crippen LogP contribution in [-0.2, 0) is 0 Å². The fourth-order valence-electron chi connectivity index (χ4n) is 1.65. The molecule has 0 aromatic rings. The van der Waals surface area contributed by atoms with Gasteiger partial charge >= 0.3 is 6.09 Å². The predicted octanol–water partition coefficient (Wildman–Crippen LogP) is 0.866. The molecule has 0 atom stereocenters. The molecule has 0 saturated heterocycles. The van der Waals surface area contributed by atoms with E-state index in [1.807, 2.05) is 0 Å². The van der Waals surface area contributed by atoms with Crippen LogP contribution in [0.25, 0.3) is 0 Å². The number of hydrogen-bond acceptors (Lipinski definition) is 2. The summed E-state index contributed by atoms with van der Waals surface area (Å²) in [6.07, 6.45) is 2.87. The molecule has 0 aliphatic heterocycles. The molecular formula is C8H16N2O2. The smallest absolute Gasteiger partial charge is 0.407 e. The van der Waals surface area contributed by atoms with Gasteiger partial charge < -0.3 is 15.7 Å². The maximum atomic E-state index is 10.6. The summed E-state index contributed by atoms with van der Waals surface area (Å²) in [6, 6.07) is 0.464. The number of nitrogens with two attached hydrogens (primary N) is 1. The van der Waals surface area contributed by atoms with Crippen LogP contribution in [0.1, 0.15) is 25.7 Å². The van der Waals surface area contributed by atoms with Gasteiger partial charge in [-0.15, -0.1) is 0 Å². The SMILES string of the molecule is CN(C(=O)O)[C@H]1CC[C@H](N)CC1. The second-order valence-electron chi connectivity index (χ2n) is 3.46. The van der Waals surface area contributed by atoms with Crippen molar-refractivity contribution < 1.29 is 9.90 Å². The van der Waals surface area contributed by atoms with Gasteiger partial charge in [0.15, 0.2) is 0 Å².